The second kappa shape index (κ2) is 12.6. The summed E-state index contributed by atoms with van der Waals surface area (Å²) in [7, 11) is 3.62. The third kappa shape index (κ3) is 6.04. The minimum absolute atomic E-state index is 0.0688. The van der Waals surface area contributed by atoms with Crippen LogP contribution in [-0.4, -0.2) is 70.3 Å². The maximum atomic E-state index is 14.0. The van der Waals surface area contributed by atoms with Crippen LogP contribution in [0.15, 0.2) is 41.5 Å². The van der Waals surface area contributed by atoms with Gasteiger partial charge in [-0.1, -0.05) is 17.7 Å². The minimum Gasteiger partial charge on any atom is -0.492 e. The van der Waals surface area contributed by atoms with Gasteiger partial charge < -0.3 is 24.2 Å². The van der Waals surface area contributed by atoms with Crippen molar-refractivity contribution in [3.05, 3.63) is 80.0 Å². The van der Waals surface area contributed by atoms with Crippen molar-refractivity contribution in [3.63, 3.8) is 0 Å². The molecule has 1 aliphatic rings. The SMILES string of the molecule is CCOc1cc(C(C)N2CCc3c(cc(CCN(C)CCO)cc3-c3cn(C)c(=O)cc3Cl)C2=O)ncc1C#N. The lowest BCUT2D eigenvalue weighted by Gasteiger charge is -2.35. The first kappa shape index (κ1) is 29.3. The van der Waals surface area contributed by atoms with Crippen LogP contribution >= 0.6 is 11.6 Å². The summed E-state index contributed by atoms with van der Waals surface area (Å²) >= 11 is 6.57. The number of nitriles is 1. The van der Waals surface area contributed by atoms with Crippen LogP contribution in [0, 0.1) is 11.3 Å². The number of aliphatic hydroxyl groups is 1. The molecule has 0 fully saturated rings. The fourth-order valence-electron chi connectivity index (χ4n) is 5.04. The number of benzene rings is 1. The van der Waals surface area contributed by atoms with Crippen LogP contribution in [0.25, 0.3) is 11.1 Å². The molecule has 4 rings (SSSR count). The Bertz CT molecular complexity index is 1510. The van der Waals surface area contributed by atoms with Gasteiger partial charge in [-0.05, 0) is 56.5 Å². The van der Waals surface area contributed by atoms with E-state index in [9.17, 15) is 20.0 Å². The number of hydrogen-bond donors (Lipinski definition) is 1. The first-order chi connectivity index (χ1) is 19.2. The minimum atomic E-state index is -0.350. The molecule has 9 nitrogen and oxygen atoms in total. The number of nitrogens with zero attached hydrogens (tertiary/aromatic N) is 5. The summed E-state index contributed by atoms with van der Waals surface area (Å²) in [6, 6.07) is 8.88. The van der Waals surface area contributed by atoms with E-state index in [4.69, 9.17) is 16.3 Å². The van der Waals surface area contributed by atoms with Crippen molar-refractivity contribution in [1.82, 2.24) is 19.4 Å². The Morgan fingerprint density at radius 2 is 1.95 bits per heavy atom. The number of hydrogen-bond acceptors (Lipinski definition) is 7. The number of fused-ring (bicyclic) bond motifs is 1. The molecule has 2 aromatic heterocycles. The molecule has 3 aromatic rings. The van der Waals surface area contributed by atoms with E-state index in [1.807, 2.05) is 31.9 Å². The lowest BCUT2D eigenvalue weighted by molar-refractivity contribution is 0.0669. The van der Waals surface area contributed by atoms with Crippen LogP contribution in [0.1, 0.15) is 52.6 Å². The Kier molecular flexibility index (Phi) is 9.25. The maximum Gasteiger partial charge on any atom is 0.254 e. The molecule has 1 atom stereocenters. The molecule has 210 valence electrons. The predicted octanol–water partition coefficient (Wildman–Crippen LogP) is 3.60. The van der Waals surface area contributed by atoms with E-state index in [2.05, 4.69) is 17.1 Å². The number of aryl methyl sites for hydroxylation is 1. The maximum absolute atomic E-state index is 14.0. The fourth-order valence-corrected chi connectivity index (χ4v) is 5.29. The van der Waals surface area contributed by atoms with Gasteiger partial charge in [-0.25, -0.2) is 0 Å². The van der Waals surface area contributed by atoms with Crippen molar-refractivity contribution >= 4 is 17.5 Å². The van der Waals surface area contributed by atoms with E-state index < -0.39 is 0 Å². The Balaban J connectivity index is 1.76. The van der Waals surface area contributed by atoms with Gasteiger partial charge in [0.1, 0.15) is 17.4 Å². The molecule has 0 aliphatic carbocycles. The first-order valence-corrected chi connectivity index (χ1v) is 13.7. The molecule has 1 aliphatic heterocycles. The molecule has 0 radical (unpaired) electrons. The van der Waals surface area contributed by atoms with Gasteiger partial charge >= 0.3 is 0 Å². The summed E-state index contributed by atoms with van der Waals surface area (Å²) in [5.41, 5.74) is 4.78. The summed E-state index contributed by atoms with van der Waals surface area (Å²) in [5.74, 6) is 0.332. The van der Waals surface area contributed by atoms with Crippen molar-refractivity contribution in [2.24, 2.45) is 7.05 Å². The topological polar surface area (TPSA) is 112 Å². The molecule has 1 N–H and O–H groups in total. The summed E-state index contributed by atoms with van der Waals surface area (Å²) in [4.78, 5) is 34.5. The smallest absolute Gasteiger partial charge is 0.254 e. The van der Waals surface area contributed by atoms with Crippen molar-refractivity contribution in [2.45, 2.75) is 32.7 Å². The number of likely N-dealkylation sites (N-methyl/N-ethyl adjacent to an activating group) is 1. The zero-order chi connectivity index (χ0) is 29.0. The summed E-state index contributed by atoms with van der Waals surface area (Å²) < 4.78 is 7.13. The van der Waals surface area contributed by atoms with Gasteiger partial charge in [-0.3, -0.25) is 14.6 Å². The quantitative estimate of drug-likeness (QED) is 0.401. The lowest BCUT2D eigenvalue weighted by Crippen LogP contribution is -2.40. The summed E-state index contributed by atoms with van der Waals surface area (Å²) in [6.45, 7) is 5.97. The zero-order valence-corrected chi connectivity index (χ0v) is 24.0. The van der Waals surface area contributed by atoms with E-state index in [0.29, 0.717) is 72.2 Å². The van der Waals surface area contributed by atoms with Crippen LogP contribution in [-0.2, 0) is 19.9 Å². The Morgan fingerprint density at radius 1 is 1.20 bits per heavy atom. The Morgan fingerprint density at radius 3 is 2.65 bits per heavy atom. The lowest BCUT2D eigenvalue weighted by atomic mass is 9.87. The number of pyridine rings is 2. The summed E-state index contributed by atoms with van der Waals surface area (Å²) in [6.07, 6.45) is 4.47. The van der Waals surface area contributed by atoms with Gasteiger partial charge in [0.15, 0.2) is 0 Å². The van der Waals surface area contributed by atoms with Gasteiger partial charge in [0.25, 0.3) is 11.5 Å². The first-order valence-electron chi connectivity index (χ1n) is 13.3. The van der Waals surface area contributed by atoms with Gasteiger partial charge in [-0.15, -0.1) is 0 Å². The highest BCUT2D eigenvalue weighted by Gasteiger charge is 2.32. The number of rotatable bonds is 10. The van der Waals surface area contributed by atoms with Crippen LogP contribution in [0.4, 0.5) is 0 Å². The second-order valence-electron chi connectivity index (χ2n) is 10.0. The summed E-state index contributed by atoms with van der Waals surface area (Å²) in [5, 5.41) is 19.0. The number of aromatic nitrogens is 2. The van der Waals surface area contributed by atoms with Crippen molar-refractivity contribution < 1.29 is 14.6 Å². The third-order valence-corrected chi connectivity index (χ3v) is 7.65. The number of aliphatic hydroxyl groups excluding tert-OH is 1. The largest absolute Gasteiger partial charge is 0.492 e. The molecular weight excluding hydrogens is 530 g/mol. The highest BCUT2D eigenvalue weighted by atomic mass is 35.5. The molecule has 0 saturated carbocycles. The van der Waals surface area contributed by atoms with Gasteiger partial charge in [0.2, 0.25) is 0 Å². The molecule has 0 spiro atoms. The molecule has 0 bridgehead atoms. The molecule has 1 amide bonds. The molecule has 40 heavy (non-hydrogen) atoms. The Labute approximate surface area is 239 Å². The van der Waals surface area contributed by atoms with Crippen LogP contribution in [0.2, 0.25) is 5.02 Å². The van der Waals surface area contributed by atoms with Crippen LogP contribution < -0.4 is 10.3 Å². The fraction of sp³-hybridized carbons (Fsp3) is 0.400. The van der Waals surface area contributed by atoms with Crippen molar-refractivity contribution in [1.29, 1.82) is 5.26 Å². The predicted molar refractivity (Wildman–Crippen MR) is 154 cm³/mol. The Hall–Kier alpha value is -3.71. The van der Waals surface area contributed by atoms with Crippen molar-refractivity contribution in [3.8, 4) is 22.9 Å². The molecular formula is C30H34ClN5O4. The molecule has 1 aromatic carbocycles. The normalized spacial score (nSPS) is 13.8. The monoisotopic (exact) mass is 563 g/mol. The standard InChI is InChI=1S/C30H34ClN5O4/c1-5-40-28-15-27(33-17-21(28)16-32)19(2)36-9-7-22-23(25-18-35(4)29(38)14-26(25)31)12-20(13-24(22)30(36)39)6-8-34(3)10-11-37/h12-15,17-19,37H,5-11H2,1-4H3. The van der Waals surface area contributed by atoms with Crippen molar-refractivity contribution in [2.75, 3.05) is 39.9 Å². The number of amides is 1. The second-order valence-corrected chi connectivity index (χ2v) is 10.4. The average Bonchev–Trinajstić information content (AvgIpc) is 2.94. The van der Waals surface area contributed by atoms with Gasteiger partial charge in [0.05, 0.1) is 30.0 Å². The molecule has 0 saturated heterocycles. The van der Waals surface area contributed by atoms with E-state index in [-0.39, 0.29) is 24.1 Å². The highest BCUT2D eigenvalue weighted by Crippen LogP contribution is 2.37. The zero-order valence-electron chi connectivity index (χ0n) is 23.3. The number of carbonyl (C=O) groups excluding carboxylic acids is 1. The molecule has 3 heterocycles. The van der Waals surface area contributed by atoms with E-state index >= 15 is 0 Å². The van der Waals surface area contributed by atoms with Crippen LogP contribution in [0.5, 0.6) is 5.75 Å². The van der Waals surface area contributed by atoms with Gasteiger partial charge in [0, 0.05) is 62.3 Å². The van der Waals surface area contributed by atoms with E-state index in [1.165, 1.54) is 16.8 Å². The number of halogens is 1. The highest BCUT2D eigenvalue weighted by molar-refractivity contribution is 6.33. The van der Waals surface area contributed by atoms with Crippen LogP contribution in [0.3, 0.4) is 0 Å². The third-order valence-electron chi connectivity index (χ3n) is 7.34. The molecule has 1 unspecified atom stereocenters. The van der Waals surface area contributed by atoms with E-state index in [1.54, 1.807) is 24.2 Å². The van der Waals surface area contributed by atoms with Gasteiger partial charge in [-0.2, -0.15) is 5.26 Å². The average molecular weight is 564 g/mol. The van der Waals surface area contributed by atoms with E-state index in [0.717, 1.165) is 16.7 Å². The molecule has 10 heteroatoms. The number of ether oxygens (including phenoxy) is 1. The number of carbonyl (C=O) groups is 1.